The lowest BCUT2D eigenvalue weighted by Crippen LogP contribution is -2.22. The molecule has 0 aliphatic carbocycles. The third kappa shape index (κ3) is 3.82. The molecule has 0 aliphatic heterocycles. The highest BCUT2D eigenvalue weighted by molar-refractivity contribution is 8.03. The number of thioether (sulfide) groups is 1. The van der Waals surface area contributed by atoms with E-state index in [1.54, 1.807) is 36.4 Å². The Hall–Kier alpha value is -2.51. The van der Waals surface area contributed by atoms with Crippen molar-refractivity contribution in [3.63, 3.8) is 0 Å². The lowest BCUT2D eigenvalue weighted by molar-refractivity contribution is -0.298. The number of carboxylic acid groups (broad SMARTS) is 1. The summed E-state index contributed by atoms with van der Waals surface area (Å²) in [6.07, 6.45) is 2.76. The van der Waals surface area contributed by atoms with Crippen LogP contribution in [0.4, 0.5) is 0 Å². The molecule has 23 heavy (non-hydrogen) atoms. The van der Waals surface area contributed by atoms with Gasteiger partial charge >= 0.3 is 0 Å². The van der Waals surface area contributed by atoms with Crippen LogP contribution in [0.15, 0.2) is 61.6 Å². The molecule has 116 valence electrons. The van der Waals surface area contributed by atoms with Crippen molar-refractivity contribution >= 4 is 35.4 Å². The highest BCUT2D eigenvalue weighted by Gasteiger charge is 2.12. The zero-order valence-electron chi connectivity index (χ0n) is 11.4. The SMILES string of the molecule is O=C([O-])/C(=C/c1ccco1)Sc1nnc(-c2ccc(Cl)cc2)o1. The number of carboxylic acids is 1. The van der Waals surface area contributed by atoms with E-state index in [-0.39, 0.29) is 16.0 Å². The molecular formula is C15H8ClN2O4S-. The molecule has 0 atom stereocenters. The first-order chi connectivity index (χ1) is 11.1. The van der Waals surface area contributed by atoms with E-state index in [1.807, 2.05) is 0 Å². The first-order valence-electron chi connectivity index (χ1n) is 6.35. The van der Waals surface area contributed by atoms with Crippen LogP contribution in [0.1, 0.15) is 5.76 Å². The summed E-state index contributed by atoms with van der Waals surface area (Å²) in [6.45, 7) is 0. The van der Waals surface area contributed by atoms with Crippen molar-refractivity contribution in [2.75, 3.05) is 0 Å². The summed E-state index contributed by atoms with van der Waals surface area (Å²) in [5.74, 6) is -0.716. The van der Waals surface area contributed by atoms with Crippen molar-refractivity contribution < 1.29 is 18.7 Å². The van der Waals surface area contributed by atoms with Crippen LogP contribution in [0.3, 0.4) is 0 Å². The number of furan rings is 1. The van der Waals surface area contributed by atoms with Gasteiger partial charge in [-0.15, -0.1) is 10.2 Å². The standard InChI is InChI=1S/C15H9ClN2O4S/c16-10-5-3-9(4-6-10)13-17-18-15(22-13)23-12(14(19)20)8-11-2-1-7-21-11/h1-8H,(H,19,20)/p-1/b12-8-. The number of aromatic nitrogens is 2. The molecule has 0 aliphatic rings. The molecule has 0 fully saturated rings. The van der Waals surface area contributed by atoms with Gasteiger partial charge in [-0.3, -0.25) is 0 Å². The number of rotatable bonds is 5. The third-order valence-corrected chi connectivity index (χ3v) is 3.81. The molecule has 6 nitrogen and oxygen atoms in total. The monoisotopic (exact) mass is 347 g/mol. The average Bonchev–Trinajstić information content (AvgIpc) is 3.19. The molecule has 2 heterocycles. The van der Waals surface area contributed by atoms with Crippen LogP contribution in [0, 0.1) is 0 Å². The number of carbonyl (C=O) groups is 1. The van der Waals surface area contributed by atoms with E-state index in [0.29, 0.717) is 16.3 Å². The third-order valence-electron chi connectivity index (χ3n) is 2.71. The van der Waals surface area contributed by atoms with Crippen LogP contribution >= 0.6 is 23.4 Å². The van der Waals surface area contributed by atoms with E-state index in [9.17, 15) is 9.90 Å². The fourth-order valence-corrected chi connectivity index (χ4v) is 2.46. The van der Waals surface area contributed by atoms with Crippen molar-refractivity contribution in [3.05, 3.63) is 58.3 Å². The summed E-state index contributed by atoms with van der Waals surface area (Å²) < 4.78 is 10.5. The van der Waals surface area contributed by atoms with Gasteiger partial charge in [-0.25, -0.2) is 0 Å². The Kier molecular flexibility index (Phi) is 4.50. The first kappa shape index (κ1) is 15.4. The van der Waals surface area contributed by atoms with E-state index in [2.05, 4.69) is 10.2 Å². The number of nitrogens with zero attached hydrogens (tertiary/aromatic N) is 2. The van der Waals surface area contributed by atoms with Crippen LogP contribution in [0.5, 0.6) is 0 Å². The van der Waals surface area contributed by atoms with E-state index < -0.39 is 5.97 Å². The topological polar surface area (TPSA) is 92.2 Å². The minimum absolute atomic E-state index is 0.0805. The molecule has 2 aromatic heterocycles. The van der Waals surface area contributed by atoms with Gasteiger partial charge in [0.1, 0.15) is 5.76 Å². The maximum absolute atomic E-state index is 11.2. The largest absolute Gasteiger partial charge is 0.544 e. The summed E-state index contributed by atoms with van der Waals surface area (Å²) in [4.78, 5) is 11.1. The second-order valence-electron chi connectivity index (χ2n) is 4.29. The summed E-state index contributed by atoms with van der Waals surface area (Å²) in [7, 11) is 0. The van der Waals surface area contributed by atoms with Gasteiger partial charge < -0.3 is 18.7 Å². The van der Waals surface area contributed by atoms with Crippen LogP contribution in [0.2, 0.25) is 5.02 Å². The van der Waals surface area contributed by atoms with E-state index in [0.717, 1.165) is 11.8 Å². The molecule has 8 heteroatoms. The fraction of sp³-hybridized carbons (Fsp3) is 0. The van der Waals surface area contributed by atoms with Gasteiger partial charge in [-0.05, 0) is 54.2 Å². The van der Waals surface area contributed by atoms with Gasteiger partial charge in [0, 0.05) is 15.5 Å². The molecule has 0 unspecified atom stereocenters. The normalized spacial score (nSPS) is 11.6. The second kappa shape index (κ2) is 6.72. The van der Waals surface area contributed by atoms with Crippen molar-refractivity contribution in [1.29, 1.82) is 0 Å². The molecule has 3 rings (SSSR count). The van der Waals surface area contributed by atoms with Gasteiger partial charge in [0.15, 0.2) is 0 Å². The molecule has 1 aromatic carbocycles. The Morgan fingerprint density at radius 3 is 2.65 bits per heavy atom. The Labute approximate surface area is 139 Å². The number of hydrogen-bond donors (Lipinski definition) is 0. The maximum atomic E-state index is 11.2. The van der Waals surface area contributed by atoms with Crippen molar-refractivity contribution in [1.82, 2.24) is 10.2 Å². The van der Waals surface area contributed by atoms with Crippen LogP contribution in [-0.4, -0.2) is 16.2 Å². The minimum Gasteiger partial charge on any atom is -0.544 e. The van der Waals surface area contributed by atoms with Crippen LogP contribution in [0.25, 0.3) is 17.5 Å². The molecular weight excluding hydrogens is 340 g/mol. The maximum Gasteiger partial charge on any atom is 0.281 e. The molecule has 0 amide bonds. The Balaban J connectivity index is 1.82. The van der Waals surface area contributed by atoms with Gasteiger partial charge in [0.2, 0.25) is 5.89 Å². The average molecular weight is 348 g/mol. The Morgan fingerprint density at radius 1 is 1.22 bits per heavy atom. The van der Waals surface area contributed by atoms with E-state index >= 15 is 0 Å². The van der Waals surface area contributed by atoms with Crippen molar-refractivity contribution in [2.45, 2.75) is 5.22 Å². The second-order valence-corrected chi connectivity index (χ2v) is 5.72. The van der Waals surface area contributed by atoms with E-state index in [4.69, 9.17) is 20.4 Å². The molecule has 0 spiro atoms. The molecule has 0 saturated carbocycles. The van der Waals surface area contributed by atoms with Crippen molar-refractivity contribution in [2.24, 2.45) is 0 Å². The predicted molar refractivity (Wildman–Crippen MR) is 82.3 cm³/mol. The van der Waals surface area contributed by atoms with E-state index in [1.165, 1.54) is 12.3 Å². The summed E-state index contributed by atoms with van der Waals surface area (Å²) in [6, 6.07) is 10.1. The lowest BCUT2D eigenvalue weighted by Gasteiger charge is -2.03. The molecule has 0 bridgehead atoms. The highest BCUT2D eigenvalue weighted by Crippen LogP contribution is 2.29. The zero-order valence-corrected chi connectivity index (χ0v) is 13.0. The first-order valence-corrected chi connectivity index (χ1v) is 7.55. The van der Waals surface area contributed by atoms with Gasteiger partial charge in [0.25, 0.3) is 5.22 Å². The number of aliphatic carboxylic acids is 1. The smallest absolute Gasteiger partial charge is 0.281 e. The van der Waals surface area contributed by atoms with Crippen molar-refractivity contribution in [3.8, 4) is 11.5 Å². The number of halogens is 1. The van der Waals surface area contributed by atoms with Crippen LogP contribution in [-0.2, 0) is 4.79 Å². The summed E-state index contributed by atoms with van der Waals surface area (Å²) in [5, 5.41) is 19.6. The fourth-order valence-electron chi connectivity index (χ4n) is 1.69. The number of benzene rings is 1. The summed E-state index contributed by atoms with van der Waals surface area (Å²) in [5.41, 5.74) is 0.679. The van der Waals surface area contributed by atoms with Crippen LogP contribution < -0.4 is 5.11 Å². The Bertz CT molecular complexity index is 841. The molecule has 0 saturated heterocycles. The molecule has 0 radical (unpaired) electrons. The predicted octanol–water partition coefficient (Wildman–Crippen LogP) is 2.87. The molecule has 3 aromatic rings. The van der Waals surface area contributed by atoms with Gasteiger partial charge in [-0.1, -0.05) is 11.6 Å². The number of hydrogen-bond acceptors (Lipinski definition) is 7. The number of carbonyl (C=O) groups excluding carboxylic acids is 1. The highest BCUT2D eigenvalue weighted by atomic mass is 35.5. The van der Waals surface area contributed by atoms with Gasteiger partial charge in [-0.2, -0.15) is 0 Å². The quantitative estimate of drug-likeness (QED) is 0.517. The zero-order chi connectivity index (χ0) is 16.2. The summed E-state index contributed by atoms with van der Waals surface area (Å²) >= 11 is 6.60. The minimum atomic E-state index is -1.36. The lowest BCUT2D eigenvalue weighted by atomic mass is 10.2. The Morgan fingerprint density at radius 2 is 2.00 bits per heavy atom. The van der Waals surface area contributed by atoms with Gasteiger partial charge in [0.05, 0.1) is 12.2 Å². The molecule has 0 N–H and O–H groups in total.